The van der Waals surface area contributed by atoms with E-state index in [-0.39, 0.29) is 11.7 Å². The number of rotatable bonds is 3. The molecule has 1 aromatic carbocycles. The van der Waals surface area contributed by atoms with Gasteiger partial charge in [-0.2, -0.15) is 0 Å². The maximum atomic E-state index is 11.2. The first kappa shape index (κ1) is 11.0. The predicted molar refractivity (Wildman–Crippen MR) is 58.4 cm³/mol. The number of carbonyl (C=O) groups excluding carboxylic acids is 1. The van der Waals surface area contributed by atoms with Crippen LogP contribution in [0.25, 0.3) is 0 Å². The van der Waals surface area contributed by atoms with E-state index in [2.05, 4.69) is 15.9 Å². The summed E-state index contributed by atoms with van der Waals surface area (Å²) >= 11 is 3.11. The summed E-state index contributed by atoms with van der Waals surface area (Å²) < 4.78 is 0. The smallest absolute Gasteiger partial charge is 0.233 e. The lowest BCUT2D eigenvalue weighted by Crippen LogP contribution is -2.26. The second kappa shape index (κ2) is 5.00. The Labute approximate surface area is 91.5 Å². The Morgan fingerprint density at radius 1 is 1.43 bits per heavy atom. The van der Waals surface area contributed by atoms with Crippen LogP contribution in [0.3, 0.4) is 0 Å². The largest absolute Gasteiger partial charge is 0.508 e. The summed E-state index contributed by atoms with van der Waals surface area (Å²) in [5.74, 6) is 0.279. The van der Waals surface area contributed by atoms with Crippen LogP contribution < -0.4 is 0 Å². The fraction of sp³-hybridized carbons (Fsp3) is 0.300. The summed E-state index contributed by atoms with van der Waals surface area (Å²) in [6, 6.07) is 6.82. The average Bonchev–Trinajstić information content (AvgIpc) is 2.20. The molecule has 1 rings (SSSR count). The van der Waals surface area contributed by atoms with E-state index in [0.717, 1.165) is 5.56 Å². The Morgan fingerprint density at radius 2 is 2.00 bits per heavy atom. The van der Waals surface area contributed by atoms with E-state index in [1.165, 1.54) is 0 Å². The summed E-state index contributed by atoms with van der Waals surface area (Å²) in [5.41, 5.74) is 1.000. The molecule has 0 radical (unpaired) electrons. The van der Waals surface area contributed by atoms with Crippen LogP contribution in [0.5, 0.6) is 5.75 Å². The van der Waals surface area contributed by atoms with E-state index in [1.807, 2.05) is 0 Å². The van der Waals surface area contributed by atoms with Gasteiger partial charge in [-0.15, -0.1) is 0 Å². The molecule has 0 heterocycles. The number of aromatic hydroxyl groups is 1. The minimum absolute atomic E-state index is 0.0399. The van der Waals surface area contributed by atoms with Crippen LogP contribution in [0.4, 0.5) is 0 Å². The molecule has 0 aliphatic carbocycles. The van der Waals surface area contributed by atoms with Crippen molar-refractivity contribution >= 4 is 21.8 Å². The van der Waals surface area contributed by atoms with Crippen molar-refractivity contribution < 1.29 is 9.90 Å². The summed E-state index contributed by atoms with van der Waals surface area (Å²) in [4.78, 5) is 12.8. The molecule has 0 saturated carbocycles. The van der Waals surface area contributed by atoms with Gasteiger partial charge >= 0.3 is 0 Å². The SMILES string of the molecule is CN(Cc1ccc(O)cc1)C(=O)CBr. The van der Waals surface area contributed by atoms with Gasteiger partial charge in [-0.25, -0.2) is 0 Å². The van der Waals surface area contributed by atoms with Gasteiger partial charge in [0.15, 0.2) is 0 Å². The predicted octanol–water partition coefficient (Wildman–Crippen LogP) is 1.75. The lowest BCUT2D eigenvalue weighted by Gasteiger charge is -2.15. The van der Waals surface area contributed by atoms with Crippen LogP contribution in [0, 0.1) is 0 Å². The number of hydrogen-bond donors (Lipinski definition) is 1. The zero-order valence-electron chi connectivity index (χ0n) is 7.90. The van der Waals surface area contributed by atoms with E-state index in [0.29, 0.717) is 11.9 Å². The minimum atomic E-state index is 0.0399. The van der Waals surface area contributed by atoms with Crippen molar-refractivity contribution in [2.24, 2.45) is 0 Å². The van der Waals surface area contributed by atoms with E-state index in [4.69, 9.17) is 5.11 Å². The van der Waals surface area contributed by atoms with E-state index in [9.17, 15) is 4.79 Å². The Hall–Kier alpha value is -1.03. The monoisotopic (exact) mass is 257 g/mol. The molecule has 0 saturated heterocycles. The van der Waals surface area contributed by atoms with E-state index >= 15 is 0 Å². The quantitative estimate of drug-likeness (QED) is 0.839. The van der Waals surface area contributed by atoms with Gasteiger partial charge in [0.1, 0.15) is 5.75 Å². The van der Waals surface area contributed by atoms with Gasteiger partial charge in [-0.05, 0) is 17.7 Å². The van der Waals surface area contributed by atoms with Gasteiger partial charge < -0.3 is 10.0 Å². The van der Waals surface area contributed by atoms with Gasteiger partial charge in [-0.1, -0.05) is 28.1 Å². The van der Waals surface area contributed by atoms with Crippen molar-refractivity contribution in [3.63, 3.8) is 0 Å². The number of alkyl halides is 1. The lowest BCUT2D eigenvalue weighted by atomic mass is 10.2. The maximum absolute atomic E-state index is 11.2. The molecule has 4 heteroatoms. The summed E-state index contributed by atoms with van der Waals surface area (Å²) in [6.07, 6.45) is 0. The van der Waals surface area contributed by atoms with Crippen molar-refractivity contribution in [3.05, 3.63) is 29.8 Å². The standard InChI is InChI=1S/C10H12BrNO2/c1-12(10(14)6-11)7-8-2-4-9(13)5-3-8/h2-5,13H,6-7H2,1H3. The molecule has 3 nitrogen and oxygen atoms in total. The highest BCUT2D eigenvalue weighted by atomic mass is 79.9. The Balaban J connectivity index is 2.60. The van der Waals surface area contributed by atoms with Crippen LogP contribution in [-0.2, 0) is 11.3 Å². The fourth-order valence-electron chi connectivity index (χ4n) is 1.07. The van der Waals surface area contributed by atoms with Gasteiger partial charge in [-0.3, -0.25) is 4.79 Å². The molecule has 1 N–H and O–H groups in total. The van der Waals surface area contributed by atoms with Crippen LogP contribution in [0.1, 0.15) is 5.56 Å². The first-order valence-corrected chi connectivity index (χ1v) is 5.33. The molecule has 1 aromatic rings. The molecule has 1 amide bonds. The number of carbonyl (C=O) groups is 1. The molecule has 14 heavy (non-hydrogen) atoms. The summed E-state index contributed by atoms with van der Waals surface area (Å²) in [7, 11) is 1.75. The van der Waals surface area contributed by atoms with Crippen LogP contribution in [-0.4, -0.2) is 28.3 Å². The van der Waals surface area contributed by atoms with Crippen LogP contribution in [0.2, 0.25) is 0 Å². The van der Waals surface area contributed by atoms with Gasteiger partial charge in [0.2, 0.25) is 5.91 Å². The third-order valence-corrected chi connectivity index (χ3v) is 2.38. The van der Waals surface area contributed by atoms with Crippen molar-refractivity contribution in [2.75, 3.05) is 12.4 Å². The molecule has 0 atom stereocenters. The maximum Gasteiger partial charge on any atom is 0.233 e. The Kier molecular flexibility index (Phi) is 3.95. The molecule has 0 fully saturated rings. The first-order chi connectivity index (χ1) is 6.63. The van der Waals surface area contributed by atoms with Gasteiger partial charge in [0.05, 0.1) is 5.33 Å². The molecule has 0 spiro atoms. The topological polar surface area (TPSA) is 40.5 Å². The Bertz CT molecular complexity index is 310. The third kappa shape index (κ3) is 3.03. The number of benzene rings is 1. The Morgan fingerprint density at radius 3 is 2.50 bits per heavy atom. The molecule has 0 aliphatic heterocycles. The molecular formula is C10H12BrNO2. The zero-order valence-corrected chi connectivity index (χ0v) is 9.49. The van der Waals surface area contributed by atoms with Gasteiger partial charge in [0.25, 0.3) is 0 Å². The summed E-state index contributed by atoms with van der Waals surface area (Å²) in [5, 5.41) is 9.39. The highest BCUT2D eigenvalue weighted by Crippen LogP contribution is 2.11. The number of phenols is 1. The molecule has 0 aromatic heterocycles. The normalized spacial score (nSPS) is 9.86. The molecule has 0 aliphatic rings. The van der Waals surface area contributed by atoms with Crippen molar-refractivity contribution in [2.45, 2.75) is 6.54 Å². The lowest BCUT2D eigenvalue weighted by molar-refractivity contribution is -0.127. The number of hydrogen-bond acceptors (Lipinski definition) is 2. The highest BCUT2D eigenvalue weighted by Gasteiger charge is 2.06. The molecule has 0 unspecified atom stereocenters. The summed E-state index contributed by atoms with van der Waals surface area (Å²) in [6.45, 7) is 0.560. The second-order valence-electron chi connectivity index (χ2n) is 3.05. The number of phenolic OH excluding ortho intramolecular Hbond substituents is 1. The zero-order chi connectivity index (χ0) is 10.6. The van der Waals surface area contributed by atoms with E-state index < -0.39 is 0 Å². The first-order valence-electron chi connectivity index (χ1n) is 4.21. The van der Waals surface area contributed by atoms with Crippen molar-refractivity contribution in [3.8, 4) is 5.75 Å². The average molecular weight is 258 g/mol. The third-order valence-electron chi connectivity index (χ3n) is 1.90. The van der Waals surface area contributed by atoms with Crippen molar-refractivity contribution in [1.82, 2.24) is 4.90 Å². The fourth-order valence-corrected chi connectivity index (χ4v) is 1.49. The van der Waals surface area contributed by atoms with Crippen LogP contribution in [0.15, 0.2) is 24.3 Å². The van der Waals surface area contributed by atoms with E-state index in [1.54, 1.807) is 36.2 Å². The second-order valence-corrected chi connectivity index (χ2v) is 3.61. The molecular weight excluding hydrogens is 246 g/mol. The van der Waals surface area contributed by atoms with Crippen molar-refractivity contribution in [1.29, 1.82) is 0 Å². The molecule has 76 valence electrons. The number of halogens is 1. The minimum Gasteiger partial charge on any atom is -0.508 e. The number of nitrogens with zero attached hydrogens (tertiary/aromatic N) is 1. The number of amides is 1. The van der Waals surface area contributed by atoms with Crippen LogP contribution >= 0.6 is 15.9 Å². The highest BCUT2D eigenvalue weighted by molar-refractivity contribution is 9.09. The van der Waals surface area contributed by atoms with Gasteiger partial charge in [0, 0.05) is 13.6 Å². The molecule has 0 bridgehead atoms.